The van der Waals surface area contributed by atoms with Gasteiger partial charge in [-0.1, -0.05) is 26.0 Å². The molecule has 20 heavy (non-hydrogen) atoms. The standard InChI is InChI=1S/C13H15N5OS/c1-13(2,3)11-6-9(10(7-14)20-11)16-12(19)8-18-5-4-15-17-18/h4-6H,8H2,1-3H3,(H,16,19). The predicted molar refractivity (Wildman–Crippen MR) is 76.4 cm³/mol. The molecule has 0 aliphatic heterocycles. The van der Waals surface area contributed by atoms with E-state index in [0.29, 0.717) is 10.6 Å². The SMILES string of the molecule is CC(C)(C)c1cc(NC(=O)Cn2ccnn2)c(C#N)s1. The average Bonchev–Trinajstić information content (AvgIpc) is 2.97. The Morgan fingerprint density at radius 2 is 2.30 bits per heavy atom. The molecule has 1 N–H and O–H groups in total. The lowest BCUT2D eigenvalue weighted by molar-refractivity contribution is -0.116. The molecule has 0 aliphatic carbocycles. The highest BCUT2D eigenvalue weighted by atomic mass is 32.1. The summed E-state index contributed by atoms with van der Waals surface area (Å²) in [7, 11) is 0. The Labute approximate surface area is 121 Å². The van der Waals surface area contributed by atoms with E-state index in [1.54, 1.807) is 6.20 Å². The van der Waals surface area contributed by atoms with E-state index in [1.165, 1.54) is 22.2 Å². The van der Waals surface area contributed by atoms with Crippen LogP contribution in [0.1, 0.15) is 30.5 Å². The topological polar surface area (TPSA) is 83.6 Å². The van der Waals surface area contributed by atoms with Crippen molar-refractivity contribution in [2.45, 2.75) is 32.7 Å². The molecule has 0 radical (unpaired) electrons. The number of nitrogens with zero attached hydrogens (tertiary/aromatic N) is 4. The van der Waals surface area contributed by atoms with E-state index in [2.05, 4.69) is 42.5 Å². The minimum absolute atomic E-state index is 0.0504. The fourth-order valence-electron chi connectivity index (χ4n) is 1.59. The quantitative estimate of drug-likeness (QED) is 0.938. The summed E-state index contributed by atoms with van der Waals surface area (Å²) in [6, 6.07) is 3.98. The van der Waals surface area contributed by atoms with Crippen LogP contribution in [-0.4, -0.2) is 20.9 Å². The zero-order chi connectivity index (χ0) is 14.8. The van der Waals surface area contributed by atoms with E-state index in [0.717, 1.165) is 4.88 Å². The minimum atomic E-state index is -0.231. The molecule has 2 rings (SSSR count). The Balaban J connectivity index is 2.15. The second-order valence-corrected chi connectivity index (χ2v) is 6.42. The van der Waals surface area contributed by atoms with Gasteiger partial charge in [0.15, 0.2) is 0 Å². The maximum absolute atomic E-state index is 11.9. The summed E-state index contributed by atoms with van der Waals surface area (Å²) in [4.78, 5) is 13.5. The molecule has 0 spiro atoms. The van der Waals surface area contributed by atoms with Gasteiger partial charge in [0, 0.05) is 11.1 Å². The minimum Gasteiger partial charge on any atom is -0.323 e. The molecule has 2 aromatic heterocycles. The van der Waals surface area contributed by atoms with Crippen LogP contribution in [-0.2, 0) is 16.8 Å². The van der Waals surface area contributed by atoms with Gasteiger partial charge in [-0.05, 0) is 11.5 Å². The van der Waals surface area contributed by atoms with Gasteiger partial charge in [-0.15, -0.1) is 16.4 Å². The van der Waals surface area contributed by atoms with Crippen LogP contribution in [0.15, 0.2) is 18.5 Å². The normalized spacial score (nSPS) is 11.1. The molecular formula is C13H15N5OS. The van der Waals surface area contributed by atoms with Crippen LogP contribution in [0.25, 0.3) is 0 Å². The molecule has 104 valence electrons. The molecule has 0 atom stereocenters. The Morgan fingerprint density at radius 3 is 2.85 bits per heavy atom. The molecule has 6 nitrogen and oxygen atoms in total. The Morgan fingerprint density at radius 1 is 1.55 bits per heavy atom. The smallest absolute Gasteiger partial charge is 0.246 e. The van der Waals surface area contributed by atoms with Crippen LogP contribution < -0.4 is 5.32 Å². The molecule has 0 saturated carbocycles. The Bertz CT molecular complexity index is 645. The van der Waals surface area contributed by atoms with Crippen molar-refractivity contribution in [2.75, 3.05) is 5.32 Å². The molecule has 2 heterocycles. The third kappa shape index (κ3) is 3.22. The van der Waals surface area contributed by atoms with Crippen LogP contribution >= 0.6 is 11.3 Å². The third-order valence-electron chi connectivity index (χ3n) is 2.62. The van der Waals surface area contributed by atoms with E-state index < -0.39 is 0 Å². The lowest BCUT2D eigenvalue weighted by Gasteiger charge is -2.15. The number of carbonyl (C=O) groups is 1. The van der Waals surface area contributed by atoms with Gasteiger partial charge >= 0.3 is 0 Å². The Kier molecular flexibility index (Phi) is 3.86. The first kappa shape index (κ1) is 14.2. The number of amides is 1. The second-order valence-electron chi connectivity index (χ2n) is 5.36. The highest BCUT2D eigenvalue weighted by Gasteiger charge is 2.20. The maximum atomic E-state index is 11.9. The molecule has 7 heteroatoms. The summed E-state index contributed by atoms with van der Waals surface area (Å²) in [5.74, 6) is -0.231. The second kappa shape index (κ2) is 5.43. The summed E-state index contributed by atoms with van der Waals surface area (Å²) in [5, 5.41) is 19.3. The molecule has 0 aromatic carbocycles. The van der Waals surface area contributed by atoms with Gasteiger partial charge < -0.3 is 5.32 Å². The van der Waals surface area contributed by atoms with Gasteiger partial charge in [-0.3, -0.25) is 4.79 Å². The summed E-state index contributed by atoms with van der Waals surface area (Å²) < 4.78 is 1.43. The van der Waals surface area contributed by atoms with Crippen molar-refractivity contribution >= 4 is 22.9 Å². The fraction of sp³-hybridized carbons (Fsp3) is 0.385. The number of rotatable bonds is 3. The number of anilines is 1. The van der Waals surface area contributed by atoms with Gasteiger partial charge in [0.25, 0.3) is 0 Å². The number of nitriles is 1. The van der Waals surface area contributed by atoms with E-state index >= 15 is 0 Å². The number of hydrogen-bond donors (Lipinski definition) is 1. The van der Waals surface area contributed by atoms with E-state index in [9.17, 15) is 4.79 Å². The maximum Gasteiger partial charge on any atom is 0.246 e. The first-order chi connectivity index (χ1) is 9.40. The number of carbonyl (C=O) groups excluding carboxylic acids is 1. The number of hydrogen-bond acceptors (Lipinski definition) is 5. The third-order valence-corrected chi connectivity index (χ3v) is 4.09. The van der Waals surface area contributed by atoms with Crippen molar-refractivity contribution in [3.8, 4) is 6.07 Å². The highest BCUT2D eigenvalue weighted by Crippen LogP contribution is 2.34. The lowest BCUT2D eigenvalue weighted by atomic mass is 9.94. The number of nitrogens with one attached hydrogen (secondary N) is 1. The number of aromatic nitrogens is 3. The Hall–Kier alpha value is -2.20. The number of thiophene rings is 1. The van der Waals surface area contributed by atoms with Gasteiger partial charge in [0.1, 0.15) is 17.5 Å². The van der Waals surface area contributed by atoms with Gasteiger partial charge in [0.2, 0.25) is 5.91 Å². The van der Waals surface area contributed by atoms with Crippen LogP contribution in [0.4, 0.5) is 5.69 Å². The fourth-order valence-corrected chi connectivity index (χ4v) is 2.56. The van der Waals surface area contributed by atoms with E-state index in [1.807, 2.05) is 6.07 Å². The molecule has 0 bridgehead atoms. The molecule has 0 aliphatic rings. The monoisotopic (exact) mass is 289 g/mol. The summed E-state index contributed by atoms with van der Waals surface area (Å²) >= 11 is 1.41. The molecule has 0 unspecified atom stereocenters. The predicted octanol–water partition coefficient (Wildman–Crippen LogP) is 2.15. The molecule has 0 saturated heterocycles. The first-order valence-electron chi connectivity index (χ1n) is 6.08. The zero-order valence-corrected chi connectivity index (χ0v) is 12.4. The largest absolute Gasteiger partial charge is 0.323 e. The van der Waals surface area contributed by atoms with Gasteiger partial charge in [-0.2, -0.15) is 5.26 Å². The van der Waals surface area contributed by atoms with Crippen molar-refractivity contribution in [2.24, 2.45) is 0 Å². The molecule has 1 amide bonds. The summed E-state index contributed by atoms with van der Waals surface area (Å²) in [6.07, 6.45) is 3.12. The summed E-state index contributed by atoms with van der Waals surface area (Å²) in [5.41, 5.74) is 0.512. The van der Waals surface area contributed by atoms with Crippen LogP contribution in [0.3, 0.4) is 0 Å². The average molecular weight is 289 g/mol. The van der Waals surface area contributed by atoms with E-state index in [4.69, 9.17) is 5.26 Å². The van der Waals surface area contributed by atoms with Crippen molar-refractivity contribution < 1.29 is 4.79 Å². The van der Waals surface area contributed by atoms with Gasteiger partial charge in [-0.25, -0.2) is 4.68 Å². The molecule has 0 fully saturated rings. The van der Waals surface area contributed by atoms with Crippen molar-refractivity contribution in [1.29, 1.82) is 5.26 Å². The van der Waals surface area contributed by atoms with Crippen molar-refractivity contribution in [1.82, 2.24) is 15.0 Å². The van der Waals surface area contributed by atoms with Crippen LogP contribution in [0.2, 0.25) is 0 Å². The first-order valence-corrected chi connectivity index (χ1v) is 6.90. The zero-order valence-electron chi connectivity index (χ0n) is 11.5. The van der Waals surface area contributed by atoms with Crippen LogP contribution in [0.5, 0.6) is 0 Å². The molecule has 2 aromatic rings. The summed E-state index contributed by atoms with van der Waals surface area (Å²) in [6.45, 7) is 6.29. The van der Waals surface area contributed by atoms with Crippen molar-refractivity contribution in [3.63, 3.8) is 0 Å². The van der Waals surface area contributed by atoms with Crippen molar-refractivity contribution in [3.05, 3.63) is 28.2 Å². The van der Waals surface area contributed by atoms with E-state index in [-0.39, 0.29) is 17.9 Å². The van der Waals surface area contributed by atoms with Gasteiger partial charge in [0.05, 0.1) is 11.9 Å². The van der Waals surface area contributed by atoms with Crippen LogP contribution in [0, 0.1) is 11.3 Å². The molecular weight excluding hydrogens is 274 g/mol. The highest BCUT2D eigenvalue weighted by molar-refractivity contribution is 7.13. The lowest BCUT2D eigenvalue weighted by Crippen LogP contribution is -2.19.